The fourth-order valence-electron chi connectivity index (χ4n) is 5.41. The third kappa shape index (κ3) is 1.29. The van der Waals surface area contributed by atoms with Gasteiger partial charge in [-0.25, -0.2) is 4.90 Å². The third-order valence-electron chi connectivity index (χ3n) is 6.32. The van der Waals surface area contributed by atoms with Gasteiger partial charge < -0.3 is 0 Å². The maximum atomic E-state index is 13.0. The zero-order chi connectivity index (χ0) is 15.2. The lowest BCUT2D eigenvalue weighted by atomic mass is 9.85. The standard InChI is InChI=1S/C19H19NO2/c1-10-7-11(2)9-12(8-10)20-17(21)15-13-3-4-14(16(15)18(20)22)19(13)5-6-19/h3-4,7-9,13-16H,5-6H2,1-2H3/t13-,14-,15-,16+/m1/s1. The van der Waals surface area contributed by atoms with Crippen LogP contribution in [0.3, 0.4) is 0 Å². The van der Waals surface area contributed by atoms with Crippen molar-refractivity contribution in [3.8, 4) is 0 Å². The summed E-state index contributed by atoms with van der Waals surface area (Å²) in [6.07, 6.45) is 6.81. The molecule has 5 rings (SSSR count). The highest BCUT2D eigenvalue weighted by Crippen LogP contribution is 2.73. The molecule has 22 heavy (non-hydrogen) atoms. The minimum atomic E-state index is -0.106. The molecule has 2 saturated carbocycles. The molecule has 0 unspecified atom stereocenters. The Morgan fingerprint density at radius 1 is 0.909 bits per heavy atom. The topological polar surface area (TPSA) is 37.4 Å². The molecule has 1 aromatic carbocycles. The first kappa shape index (κ1) is 12.6. The summed E-state index contributed by atoms with van der Waals surface area (Å²) >= 11 is 0. The lowest BCUT2D eigenvalue weighted by Crippen LogP contribution is -2.34. The summed E-state index contributed by atoms with van der Waals surface area (Å²) in [6.45, 7) is 4.01. The quantitative estimate of drug-likeness (QED) is 0.589. The Labute approximate surface area is 130 Å². The number of hydrogen-bond acceptors (Lipinski definition) is 2. The van der Waals surface area contributed by atoms with Gasteiger partial charge in [0.05, 0.1) is 17.5 Å². The van der Waals surface area contributed by atoms with Crippen molar-refractivity contribution >= 4 is 17.5 Å². The molecule has 2 bridgehead atoms. The van der Waals surface area contributed by atoms with Gasteiger partial charge in [-0.2, -0.15) is 0 Å². The number of amides is 2. The second-order valence-electron chi connectivity index (χ2n) is 7.58. The fraction of sp³-hybridized carbons (Fsp3) is 0.474. The van der Waals surface area contributed by atoms with Crippen LogP contribution in [-0.4, -0.2) is 11.8 Å². The average molecular weight is 293 g/mol. The van der Waals surface area contributed by atoms with Gasteiger partial charge in [-0.05, 0) is 67.2 Å². The minimum Gasteiger partial charge on any atom is -0.274 e. The summed E-state index contributed by atoms with van der Waals surface area (Å²) in [7, 11) is 0. The number of allylic oxidation sites excluding steroid dienone is 2. The number of imide groups is 1. The van der Waals surface area contributed by atoms with Crippen LogP contribution in [0.1, 0.15) is 24.0 Å². The van der Waals surface area contributed by atoms with Gasteiger partial charge in [-0.3, -0.25) is 9.59 Å². The van der Waals surface area contributed by atoms with Crippen LogP contribution in [0.15, 0.2) is 30.4 Å². The van der Waals surface area contributed by atoms with E-state index in [-0.39, 0.29) is 29.1 Å². The molecule has 0 radical (unpaired) electrons. The van der Waals surface area contributed by atoms with Crippen molar-refractivity contribution < 1.29 is 9.59 Å². The number of nitrogens with zero attached hydrogens (tertiary/aromatic N) is 1. The van der Waals surface area contributed by atoms with E-state index in [4.69, 9.17) is 0 Å². The van der Waals surface area contributed by atoms with E-state index in [1.807, 2.05) is 26.0 Å². The van der Waals surface area contributed by atoms with E-state index < -0.39 is 0 Å². The number of rotatable bonds is 1. The summed E-state index contributed by atoms with van der Waals surface area (Å²) in [5.74, 6) is 0.451. The van der Waals surface area contributed by atoms with Crippen LogP contribution in [-0.2, 0) is 9.59 Å². The van der Waals surface area contributed by atoms with E-state index in [1.165, 1.54) is 17.7 Å². The molecule has 0 aromatic heterocycles. The van der Waals surface area contributed by atoms with E-state index in [1.54, 1.807) is 0 Å². The fourth-order valence-corrected chi connectivity index (χ4v) is 5.41. The van der Waals surface area contributed by atoms with Gasteiger partial charge >= 0.3 is 0 Å². The monoisotopic (exact) mass is 293 g/mol. The molecule has 4 atom stereocenters. The predicted molar refractivity (Wildman–Crippen MR) is 83.2 cm³/mol. The van der Waals surface area contributed by atoms with Crippen molar-refractivity contribution in [2.45, 2.75) is 26.7 Å². The lowest BCUT2D eigenvalue weighted by molar-refractivity contribution is -0.123. The Balaban J connectivity index is 1.59. The number of aryl methyl sites for hydroxylation is 2. The van der Waals surface area contributed by atoms with Gasteiger partial charge in [0, 0.05) is 0 Å². The Hall–Kier alpha value is -1.90. The molecule has 1 saturated heterocycles. The average Bonchev–Trinajstić information content (AvgIpc) is 3.04. The summed E-state index contributed by atoms with van der Waals surface area (Å²) < 4.78 is 0. The Morgan fingerprint density at radius 2 is 1.41 bits per heavy atom. The normalized spacial score (nSPS) is 36.5. The molecule has 3 nitrogen and oxygen atoms in total. The maximum absolute atomic E-state index is 13.0. The first-order chi connectivity index (χ1) is 10.5. The molecule has 1 spiro atoms. The smallest absolute Gasteiger partial charge is 0.238 e. The Kier molecular flexibility index (Phi) is 2.13. The van der Waals surface area contributed by atoms with E-state index >= 15 is 0 Å². The lowest BCUT2D eigenvalue weighted by Gasteiger charge is -2.22. The van der Waals surface area contributed by atoms with Gasteiger partial charge in [-0.1, -0.05) is 18.2 Å². The van der Waals surface area contributed by atoms with Crippen molar-refractivity contribution in [2.75, 3.05) is 4.90 Å². The highest BCUT2D eigenvalue weighted by molar-refractivity contribution is 6.23. The van der Waals surface area contributed by atoms with Crippen molar-refractivity contribution in [1.29, 1.82) is 0 Å². The first-order valence-electron chi connectivity index (χ1n) is 8.17. The van der Waals surface area contributed by atoms with Crippen LogP contribution in [0, 0.1) is 42.9 Å². The van der Waals surface area contributed by atoms with Crippen LogP contribution in [0.5, 0.6) is 0 Å². The molecule has 3 fully saturated rings. The second-order valence-corrected chi connectivity index (χ2v) is 7.58. The summed E-state index contributed by atoms with van der Waals surface area (Å²) in [5, 5.41) is 0. The molecular formula is C19H19NO2. The predicted octanol–water partition coefficient (Wildman–Crippen LogP) is 3.01. The van der Waals surface area contributed by atoms with Crippen molar-refractivity contribution in [2.24, 2.45) is 29.1 Å². The van der Waals surface area contributed by atoms with Crippen LogP contribution in [0.25, 0.3) is 0 Å². The van der Waals surface area contributed by atoms with Gasteiger partial charge in [0.1, 0.15) is 0 Å². The van der Waals surface area contributed by atoms with E-state index in [0.29, 0.717) is 11.8 Å². The van der Waals surface area contributed by atoms with E-state index in [2.05, 4.69) is 18.2 Å². The van der Waals surface area contributed by atoms with Crippen LogP contribution in [0.2, 0.25) is 0 Å². The zero-order valence-electron chi connectivity index (χ0n) is 12.9. The van der Waals surface area contributed by atoms with Gasteiger partial charge in [0.15, 0.2) is 0 Å². The molecule has 0 N–H and O–H groups in total. The zero-order valence-corrected chi connectivity index (χ0v) is 12.9. The minimum absolute atomic E-state index is 0.0307. The number of carbonyl (C=O) groups is 2. The summed E-state index contributed by atoms with van der Waals surface area (Å²) in [5.41, 5.74) is 3.21. The van der Waals surface area contributed by atoms with Crippen LogP contribution in [0.4, 0.5) is 5.69 Å². The molecule has 4 aliphatic rings. The number of benzene rings is 1. The van der Waals surface area contributed by atoms with Crippen molar-refractivity contribution in [3.05, 3.63) is 41.5 Å². The molecule has 112 valence electrons. The summed E-state index contributed by atoms with van der Waals surface area (Å²) in [6, 6.07) is 5.97. The number of hydrogen-bond donors (Lipinski definition) is 0. The maximum Gasteiger partial charge on any atom is 0.238 e. The molecular weight excluding hydrogens is 274 g/mol. The highest BCUT2D eigenvalue weighted by Gasteiger charge is 2.73. The summed E-state index contributed by atoms with van der Waals surface area (Å²) in [4.78, 5) is 27.5. The van der Waals surface area contributed by atoms with Gasteiger partial charge in [0.25, 0.3) is 0 Å². The molecule has 1 heterocycles. The van der Waals surface area contributed by atoms with Gasteiger partial charge in [-0.15, -0.1) is 0 Å². The van der Waals surface area contributed by atoms with Crippen LogP contribution < -0.4 is 4.90 Å². The number of carbonyl (C=O) groups excluding carboxylic acids is 2. The molecule has 2 amide bonds. The highest BCUT2D eigenvalue weighted by atomic mass is 16.2. The Bertz CT molecular complexity index is 704. The molecule has 1 aliphatic heterocycles. The molecule has 3 aliphatic carbocycles. The molecule has 1 aromatic rings. The van der Waals surface area contributed by atoms with E-state index in [9.17, 15) is 9.59 Å². The Morgan fingerprint density at radius 3 is 1.86 bits per heavy atom. The van der Waals surface area contributed by atoms with Crippen LogP contribution >= 0.6 is 0 Å². The largest absolute Gasteiger partial charge is 0.274 e. The van der Waals surface area contributed by atoms with Gasteiger partial charge in [0.2, 0.25) is 11.8 Å². The third-order valence-corrected chi connectivity index (χ3v) is 6.32. The number of anilines is 1. The van der Waals surface area contributed by atoms with Crippen molar-refractivity contribution in [1.82, 2.24) is 0 Å². The number of fused-ring (bicyclic) bond motifs is 3. The second kappa shape index (κ2) is 3.70. The van der Waals surface area contributed by atoms with E-state index in [0.717, 1.165) is 16.8 Å². The first-order valence-corrected chi connectivity index (χ1v) is 8.17. The van der Waals surface area contributed by atoms with Crippen molar-refractivity contribution in [3.63, 3.8) is 0 Å². The molecule has 3 heteroatoms. The SMILES string of the molecule is Cc1cc(C)cc(N2C(=O)[C@@H]3[C@H](C2=O)[C@H]2C=C[C@H]3C23CC3)c1.